The van der Waals surface area contributed by atoms with Crippen LogP contribution < -0.4 is 15.2 Å². The maximum Gasteiger partial charge on any atom is 0.246 e. The van der Waals surface area contributed by atoms with E-state index in [9.17, 15) is 0 Å². The lowest BCUT2D eigenvalue weighted by Crippen LogP contribution is -2.33. The normalized spacial score (nSPS) is 20.0. The Balaban J connectivity index is 1.79. The van der Waals surface area contributed by atoms with Crippen LogP contribution in [0.2, 0.25) is 0 Å². The summed E-state index contributed by atoms with van der Waals surface area (Å²) in [5.41, 5.74) is 5.58. The van der Waals surface area contributed by atoms with Crippen molar-refractivity contribution in [2.45, 2.75) is 38.3 Å². The van der Waals surface area contributed by atoms with Gasteiger partial charge in [0.2, 0.25) is 11.7 Å². The SMILES string of the molecule is CCCC(C)(N)c1nc(C2COc3ccccc3O2)no1. The summed E-state index contributed by atoms with van der Waals surface area (Å²) in [5, 5.41) is 3.99. The number of aromatic nitrogens is 2. The summed E-state index contributed by atoms with van der Waals surface area (Å²) < 4.78 is 16.8. The molecule has 21 heavy (non-hydrogen) atoms. The molecule has 0 radical (unpaired) electrons. The first-order chi connectivity index (χ1) is 10.1. The Bertz CT molecular complexity index is 624. The molecule has 1 aliphatic heterocycles. The van der Waals surface area contributed by atoms with E-state index in [2.05, 4.69) is 17.1 Å². The number of rotatable bonds is 4. The third-order valence-corrected chi connectivity index (χ3v) is 3.50. The first kappa shape index (κ1) is 13.9. The van der Waals surface area contributed by atoms with Crippen LogP contribution in [0.1, 0.15) is 44.5 Å². The van der Waals surface area contributed by atoms with Crippen molar-refractivity contribution in [1.82, 2.24) is 10.1 Å². The van der Waals surface area contributed by atoms with Crippen molar-refractivity contribution >= 4 is 0 Å². The zero-order valence-electron chi connectivity index (χ0n) is 12.2. The molecule has 1 aromatic carbocycles. The maximum absolute atomic E-state index is 6.20. The van der Waals surface area contributed by atoms with E-state index < -0.39 is 5.54 Å². The van der Waals surface area contributed by atoms with Crippen molar-refractivity contribution < 1.29 is 14.0 Å². The van der Waals surface area contributed by atoms with E-state index in [-0.39, 0.29) is 6.10 Å². The van der Waals surface area contributed by atoms with Gasteiger partial charge in [0.25, 0.3) is 0 Å². The Morgan fingerprint density at radius 3 is 2.86 bits per heavy atom. The summed E-state index contributed by atoms with van der Waals surface area (Å²) in [6.07, 6.45) is 1.34. The summed E-state index contributed by atoms with van der Waals surface area (Å²) in [4.78, 5) is 4.39. The third-order valence-electron chi connectivity index (χ3n) is 3.50. The molecular weight excluding hydrogens is 270 g/mol. The second-order valence-corrected chi connectivity index (χ2v) is 5.49. The summed E-state index contributed by atoms with van der Waals surface area (Å²) >= 11 is 0. The summed E-state index contributed by atoms with van der Waals surface area (Å²) in [5.74, 6) is 2.31. The van der Waals surface area contributed by atoms with Gasteiger partial charge in [-0.05, 0) is 25.5 Å². The lowest BCUT2D eigenvalue weighted by Gasteiger charge is -2.24. The zero-order valence-corrected chi connectivity index (χ0v) is 12.2. The second kappa shape index (κ2) is 5.37. The highest BCUT2D eigenvalue weighted by Crippen LogP contribution is 2.35. The van der Waals surface area contributed by atoms with Gasteiger partial charge in [0.15, 0.2) is 17.6 Å². The van der Waals surface area contributed by atoms with Crippen molar-refractivity contribution in [2.75, 3.05) is 6.61 Å². The van der Waals surface area contributed by atoms with Crippen molar-refractivity contribution in [3.05, 3.63) is 36.0 Å². The highest BCUT2D eigenvalue weighted by Gasteiger charge is 2.31. The second-order valence-electron chi connectivity index (χ2n) is 5.49. The molecule has 6 heteroatoms. The summed E-state index contributed by atoms with van der Waals surface area (Å²) in [7, 11) is 0. The molecule has 112 valence electrons. The quantitative estimate of drug-likeness (QED) is 0.931. The molecule has 2 atom stereocenters. The zero-order chi connectivity index (χ0) is 14.9. The minimum atomic E-state index is -0.618. The Kier molecular flexibility index (Phi) is 3.55. The van der Waals surface area contributed by atoms with Gasteiger partial charge in [-0.25, -0.2) is 0 Å². The number of ether oxygens (including phenoxy) is 2. The van der Waals surface area contributed by atoms with Crippen LogP contribution in [-0.4, -0.2) is 16.7 Å². The molecule has 6 nitrogen and oxygen atoms in total. The fourth-order valence-electron chi connectivity index (χ4n) is 2.37. The lowest BCUT2D eigenvalue weighted by molar-refractivity contribution is 0.0832. The first-order valence-corrected chi connectivity index (χ1v) is 7.11. The van der Waals surface area contributed by atoms with Gasteiger partial charge >= 0.3 is 0 Å². The molecule has 0 saturated heterocycles. The van der Waals surface area contributed by atoms with Crippen molar-refractivity contribution in [3.63, 3.8) is 0 Å². The molecule has 0 fully saturated rings. The monoisotopic (exact) mass is 289 g/mol. The van der Waals surface area contributed by atoms with Crippen molar-refractivity contribution in [2.24, 2.45) is 5.73 Å². The number of nitrogens with two attached hydrogens (primary N) is 1. The van der Waals surface area contributed by atoms with Gasteiger partial charge in [0.1, 0.15) is 6.61 Å². The molecule has 2 aromatic rings. The minimum Gasteiger partial charge on any atom is -0.485 e. The maximum atomic E-state index is 6.20. The van der Waals surface area contributed by atoms with Crippen LogP contribution in [-0.2, 0) is 5.54 Å². The Morgan fingerprint density at radius 1 is 1.33 bits per heavy atom. The molecular formula is C15H19N3O3. The molecule has 0 bridgehead atoms. The fourth-order valence-corrected chi connectivity index (χ4v) is 2.37. The number of hydrogen-bond acceptors (Lipinski definition) is 6. The van der Waals surface area contributed by atoms with E-state index >= 15 is 0 Å². The highest BCUT2D eigenvalue weighted by molar-refractivity contribution is 5.40. The fraction of sp³-hybridized carbons (Fsp3) is 0.467. The van der Waals surface area contributed by atoms with Gasteiger partial charge in [-0.3, -0.25) is 0 Å². The number of fused-ring (bicyclic) bond motifs is 1. The van der Waals surface area contributed by atoms with Gasteiger partial charge < -0.3 is 19.7 Å². The Morgan fingerprint density at radius 2 is 2.10 bits per heavy atom. The minimum absolute atomic E-state index is 0.352. The molecule has 0 spiro atoms. The summed E-state index contributed by atoms with van der Waals surface area (Å²) in [6, 6.07) is 7.52. The van der Waals surface area contributed by atoms with Gasteiger partial charge in [0, 0.05) is 0 Å². The summed E-state index contributed by atoms with van der Waals surface area (Å²) in [6.45, 7) is 4.31. The standard InChI is InChI=1S/C15H19N3O3/c1-3-8-15(2,16)14-17-13(18-21-14)12-9-19-10-6-4-5-7-11(10)20-12/h4-7,12H,3,8-9,16H2,1-2H3. The molecule has 3 rings (SSSR count). The molecule has 1 aromatic heterocycles. The average Bonchev–Trinajstić information content (AvgIpc) is 2.97. The van der Waals surface area contributed by atoms with Crippen molar-refractivity contribution in [3.8, 4) is 11.5 Å². The van der Waals surface area contributed by atoms with Crippen LogP contribution in [0.5, 0.6) is 11.5 Å². The van der Waals surface area contributed by atoms with E-state index in [1.165, 1.54) is 0 Å². The number of para-hydroxylation sites is 2. The van der Waals surface area contributed by atoms with E-state index in [0.717, 1.165) is 18.6 Å². The van der Waals surface area contributed by atoms with E-state index in [0.29, 0.717) is 24.1 Å². The first-order valence-electron chi connectivity index (χ1n) is 7.11. The molecule has 0 saturated carbocycles. The largest absolute Gasteiger partial charge is 0.485 e. The van der Waals surface area contributed by atoms with Crippen molar-refractivity contribution in [1.29, 1.82) is 0 Å². The molecule has 2 heterocycles. The Hall–Kier alpha value is -2.08. The smallest absolute Gasteiger partial charge is 0.246 e. The van der Waals surface area contributed by atoms with Gasteiger partial charge in [-0.2, -0.15) is 4.98 Å². The lowest BCUT2D eigenvalue weighted by atomic mass is 9.98. The van der Waals surface area contributed by atoms with Crippen LogP contribution in [0.4, 0.5) is 0 Å². The predicted molar refractivity (Wildman–Crippen MR) is 76.1 cm³/mol. The molecule has 2 N–H and O–H groups in total. The van der Waals surface area contributed by atoms with Gasteiger partial charge in [0.05, 0.1) is 5.54 Å². The van der Waals surface area contributed by atoms with E-state index in [1.54, 1.807) is 0 Å². The van der Waals surface area contributed by atoms with Crippen LogP contribution in [0, 0.1) is 0 Å². The van der Waals surface area contributed by atoms with Crippen LogP contribution >= 0.6 is 0 Å². The van der Waals surface area contributed by atoms with Crippen LogP contribution in [0.3, 0.4) is 0 Å². The van der Waals surface area contributed by atoms with Gasteiger partial charge in [-0.1, -0.05) is 30.6 Å². The van der Waals surface area contributed by atoms with Crippen LogP contribution in [0.25, 0.3) is 0 Å². The Labute approximate surface area is 123 Å². The number of benzene rings is 1. The van der Waals surface area contributed by atoms with E-state index in [4.69, 9.17) is 19.7 Å². The topological polar surface area (TPSA) is 83.4 Å². The van der Waals surface area contributed by atoms with Crippen LogP contribution in [0.15, 0.2) is 28.8 Å². The molecule has 0 amide bonds. The molecule has 2 unspecified atom stereocenters. The highest BCUT2D eigenvalue weighted by atomic mass is 16.6. The third kappa shape index (κ3) is 2.71. The molecule has 1 aliphatic rings. The molecule has 0 aliphatic carbocycles. The number of hydrogen-bond donors (Lipinski definition) is 1. The van der Waals surface area contributed by atoms with E-state index in [1.807, 2.05) is 31.2 Å². The predicted octanol–water partition coefficient (Wildman–Crippen LogP) is 2.56. The number of nitrogens with zero attached hydrogens (tertiary/aromatic N) is 2. The average molecular weight is 289 g/mol. The van der Waals surface area contributed by atoms with Gasteiger partial charge in [-0.15, -0.1) is 0 Å².